The predicted octanol–water partition coefficient (Wildman–Crippen LogP) is 2.31. The normalized spacial score (nSPS) is 15.9. The average Bonchev–Trinajstić information content (AvgIpc) is 3.16. The number of carbonyl (C=O) groups excluding carboxylic acids is 1. The van der Waals surface area contributed by atoms with Gasteiger partial charge >= 0.3 is 0 Å². The summed E-state index contributed by atoms with van der Waals surface area (Å²) in [5.74, 6) is 0.649. The number of nitrogens with zero attached hydrogens (tertiary/aromatic N) is 2. The molecule has 1 aromatic carbocycles. The molecule has 1 unspecified atom stereocenters. The van der Waals surface area contributed by atoms with Crippen molar-refractivity contribution in [2.24, 2.45) is 0 Å². The van der Waals surface area contributed by atoms with Crippen LogP contribution in [0.1, 0.15) is 53.7 Å². The summed E-state index contributed by atoms with van der Waals surface area (Å²) < 4.78 is 13.1. The fraction of sp³-hybridized carbons (Fsp3) is 0.357. The summed E-state index contributed by atoms with van der Waals surface area (Å²) in [6.07, 6.45) is 2.19. The Balaban J connectivity index is 1.68. The van der Waals surface area contributed by atoms with Gasteiger partial charge in [0, 0.05) is 5.92 Å². The lowest BCUT2D eigenvalue weighted by molar-refractivity contribution is 0.0929. The highest BCUT2D eigenvalue weighted by Crippen LogP contribution is 2.37. The number of benzene rings is 1. The van der Waals surface area contributed by atoms with Crippen LogP contribution in [0.2, 0.25) is 0 Å². The van der Waals surface area contributed by atoms with Crippen molar-refractivity contribution in [3.63, 3.8) is 0 Å². The van der Waals surface area contributed by atoms with Gasteiger partial charge in [0.05, 0.1) is 6.04 Å². The minimum Gasteiger partial charge on any atom is -0.343 e. The van der Waals surface area contributed by atoms with Crippen LogP contribution in [-0.4, -0.2) is 21.1 Å². The van der Waals surface area contributed by atoms with Gasteiger partial charge in [-0.05, 0) is 37.5 Å². The first kappa shape index (κ1) is 12.8. The molecule has 1 fully saturated rings. The number of halogens is 1. The molecule has 1 aliphatic carbocycles. The monoisotopic (exact) mass is 274 g/mol. The number of aromatic amines is 1. The molecule has 20 heavy (non-hydrogen) atoms. The summed E-state index contributed by atoms with van der Waals surface area (Å²) in [6.45, 7) is 1.79. The quantitative estimate of drug-likeness (QED) is 0.898. The molecule has 1 heterocycles. The first-order valence-electron chi connectivity index (χ1n) is 6.62. The van der Waals surface area contributed by atoms with Gasteiger partial charge < -0.3 is 5.32 Å². The standard InChI is InChI=1S/C14H15FN4O/c1-8(10-3-2-4-11(15)7-10)16-14(20)13-17-12(18-19-13)9-5-6-9/h2-4,7-9H,5-6H2,1H3,(H,16,20)(H,17,18,19). The highest BCUT2D eigenvalue weighted by atomic mass is 19.1. The van der Waals surface area contributed by atoms with Gasteiger partial charge in [0.15, 0.2) is 0 Å². The van der Waals surface area contributed by atoms with Gasteiger partial charge in [-0.1, -0.05) is 12.1 Å². The van der Waals surface area contributed by atoms with E-state index in [4.69, 9.17) is 0 Å². The second kappa shape index (κ2) is 5.03. The molecule has 1 aromatic heterocycles. The van der Waals surface area contributed by atoms with Crippen LogP contribution in [-0.2, 0) is 0 Å². The van der Waals surface area contributed by atoms with Gasteiger partial charge in [-0.25, -0.2) is 9.37 Å². The first-order valence-corrected chi connectivity index (χ1v) is 6.62. The minimum atomic E-state index is -0.357. The maximum absolute atomic E-state index is 13.1. The highest BCUT2D eigenvalue weighted by Gasteiger charge is 2.28. The maximum atomic E-state index is 13.1. The predicted molar refractivity (Wildman–Crippen MR) is 70.6 cm³/mol. The van der Waals surface area contributed by atoms with E-state index in [0.29, 0.717) is 11.5 Å². The third-order valence-electron chi connectivity index (χ3n) is 3.37. The second-order valence-corrected chi connectivity index (χ2v) is 5.07. The number of hydrogen-bond acceptors (Lipinski definition) is 3. The largest absolute Gasteiger partial charge is 0.343 e. The van der Waals surface area contributed by atoms with Crippen molar-refractivity contribution in [2.75, 3.05) is 0 Å². The van der Waals surface area contributed by atoms with Crippen LogP contribution in [0, 0.1) is 5.82 Å². The Morgan fingerprint density at radius 1 is 1.50 bits per heavy atom. The molecule has 1 amide bonds. The second-order valence-electron chi connectivity index (χ2n) is 5.07. The Kier molecular flexibility index (Phi) is 3.22. The summed E-state index contributed by atoms with van der Waals surface area (Å²) in [5, 5.41) is 9.47. The lowest BCUT2D eigenvalue weighted by atomic mass is 10.1. The van der Waals surface area contributed by atoms with Gasteiger partial charge in [-0.2, -0.15) is 0 Å². The number of rotatable bonds is 4. The molecule has 0 radical (unpaired) electrons. The molecular weight excluding hydrogens is 259 g/mol. The fourth-order valence-corrected chi connectivity index (χ4v) is 2.04. The highest BCUT2D eigenvalue weighted by molar-refractivity contribution is 5.90. The van der Waals surface area contributed by atoms with Crippen LogP contribution in [0.4, 0.5) is 4.39 Å². The van der Waals surface area contributed by atoms with E-state index in [2.05, 4.69) is 20.5 Å². The molecule has 1 atom stereocenters. The van der Waals surface area contributed by atoms with Crippen LogP contribution >= 0.6 is 0 Å². The van der Waals surface area contributed by atoms with E-state index in [-0.39, 0.29) is 23.6 Å². The molecular formula is C14H15FN4O. The molecule has 0 spiro atoms. The lowest BCUT2D eigenvalue weighted by Gasteiger charge is -2.12. The topological polar surface area (TPSA) is 70.7 Å². The van der Waals surface area contributed by atoms with E-state index in [1.54, 1.807) is 19.1 Å². The molecule has 3 rings (SSSR count). The van der Waals surface area contributed by atoms with E-state index in [9.17, 15) is 9.18 Å². The zero-order chi connectivity index (χ0) is 14.1. The Hall–Kier alpha value is -2.24. The molecule has 5 nitrogen and oxygen atoms in total. The lowest BCUT2D eigenvalue weighted by Crippen LogP contribution is -2.27. The van der Waals surface area contributed by atoms with Gasteiger partial charge in [-0.15, -0.1) is 5.10 Å². The van der Waals surface area contributed by atoms with Crippen LogP contribution in [0.5, 0.6) is 0 Å². The summed E-state index contributed by atoms with van der Waals surface area (Å²) in [4.78, 5) is 16.2. The molecule has 2 N–H and O–H groups in total. The summed E-state index contributed by atoms with van der Waals surface area (Å²) in [7, 11) is 0. The zero-order valence-electron chi connectivity index (χ0n) is 11.1. The van der Waals surface area contributed by atoms with Crippen molar-refractivity contribution in [1.29, 1.82) is 0 Å². The number of aromatic nitrogens is 3. The van der Waals surface area contributed by atoms with E-state index in [0.717, 1.165) is 18.7 Å². The van der Waals surface area contributed by atoms with Crippen molar-refractivity contribution in [3.05, 3.63) is 47.3 Å². The van der Waals surface area contributed by atoms with Gasteiger partial charge in [0.25, 0.3) is 5.91 Å². The van der Waals surface area contributed by atoms with E-state index < -0.39 is 0 Å². The van der Waals surface area contributed by atoms with Crippen molar-refractivity contribution in [1.82, 2.24) is 20.5 Å². The number of H-pyrrole nitrogens is 1. The summed E-state index contributed by atoms with van der Waals surface area (Å²) >= 11 is 0. The molecule has 1 aliphatic rings. The minimum absolute atomic E-state index is 0.134. The summed E-state index contributed by atoms with van der Waals surface area (Å²) in [6, 6.07) is 5.85. The first-order chi connectivity index (χ1) is 9.63. The smallest absolute Gasteiger partial charge is 0.291 e. The maximum Gasteiger partial charge on any atom is 0.291 e. The van der Waals surface area contributed by atoms with Crippen molar-refractivity contribution >= 4 is 5.91 Å². The SMILES string of the molecule is CC(NC(=O)c1n[nH]c(C2CC2)n1)c1cccc(F)c1. The number of amides is 1. The van der Waals surface area contributed by atoms with Gasteiger partial charge in [-0.3, -0.25) is 9.89 Å². The zero-order valence-corrected chi connectivity index (χ0v) is 11.1. The van der Waals surface area contributed by atoms with E-state index in [1.807, 2.05) is 0 Å². The van der Waals surface area contributed by atoms with Crippen molar-refractivity contribution in [2.45, 2.75) is 31.7 Å². The van der Waals surface area contributed by atoms with Crippen molar-refractivity contribution in [3.8, 4) is 0 Å². The Morgan fingerprint density at radius 2 is 2.30 bits per heavy atom. The van der Waals surface area contributed by atoms with E-state index >= 15 is 0 Å². The third kappa shape index (κ3) is 2.68. The Morgan fingerprint density at radius 3 is 3.00 bits per heavy atom. The number of hydrogen-bond donors (Lipinski definition) is 2. The molecule has 0 saturated heterocycles. The Labute approximate surface area is 115 Å². The molecule has 1 saturated carbocycles. The van der Waals surface area contributed by atoms with Crippen LogP contribution in [0.25, 0.3) is 0 Å². The fourth-order valence-electron chi connectivity index (χ4n) is 2.04. The number of nitrogens with one attached hydrogen (secondary N) is 2. The van der Waals surface area contributed by atoms with Crippen LogP contribution in [0.3, 0.4) is 0 Å². The van der Waals surface area contributed by atoms with Gasteiger partial charge in [0.2, 0.25) is 5.82 Å². The third-order valence-corrected chi connectivity index (χ3v) is 3.37. The van der Waals surface area contributed by atoms with Crippen LogP contribution in [0.15, 0.2) is 24.3 Å². The van der Waals surface area contributed by atoms with E-state index in [1.165, 1.54) is 12.1 Å². The molecule has 6 heteroatoms. The number of carbonyl (C=O) groups is 1. The summed E-state index contributed by atoms with van der Waals surface area (Å²) in [5.41, 5.74) is 0.705. The van der Waals surface area contributed by atoms with Gasteiger partial charge in [0.1, 0.15) is 11.6 Å². The van der Waals surface area contributed by atoms with Crippen LogP contribution < -0.4 is 5.32 Å². The molecule has 0 bridgehead atoms. The molecule has 2 aromatic rings. The molecule has 0 aliphatic heterocycles. The van der Waals surface area contributed by atoms with Crippen molar-refractivity contribution < 1.29 is 9.18 Å². The Bertz CT molecular complexity index is 636. The molecule has 104 valence electrons. The average molecular weight is 274 g/mol.